The average molecular weight is 355 g/mol. The second-order valence-corrected chi connectivity index (χ2v) is 6.04. The average Bonchev–Trinajstić information content (AvgIpc) is 2.66. The van der Waals surface area contributed by atoms with Crippen LogP contribution >= 0.6 is 0 Å². The Morgan fingerprint density at radius 1 is 1.15 bits per heavy atom. The van der Waals surface area contributed by atoms with Crippen LogP contribution in [-0.4, -0.2) is 41.1 Å². The van der Waals surface area contributed by atoms with Crippen LogP contribution in [0.5, 0.6) is 0 Å². The van der Waals surface area contributed by atoms with Crippen LogP contribution in [0.25, 0.3) is 0 Å². The molecule has 0 aliphatic heterocycles. The maximum atomic E-state index is 12.4. The Hall–Kier alpha value is -2.89. The Labute approximate surface area is 153 Å². The summed E-state index contributed by atoms with van der Waals surface area (Å²) in [5.41, 5.74) is 1.20. The molecule has 1 aromatic heterocycles. The van der Waals surface area contributed by atoms with Crippen LogP contribution < -0.4 is 10.2 Å². The first kappa shape index (κ1) is 19.4. The van der Waals surface area contributed by atoms with E-state index in [0.717, 1.165) is 30.9 Å². The summed E-state index contributed by atoms with van der Waals surface area (Å²) < 4.78 is 0. The van der Waals surface area contributed by atoms with Gasteiger partial charge in [-0.3, -0.25) is 4.79 Å². The van der Waals surface area contributed by atoms with Gasteiger partial charge in [0.1, 0.15) is 11.9 Å². The molecule has 1 amide bonds. The standard InChI is InChI=1S/C20H25N3O3/c1-3-12-23(4-2)18-11-10-16(14-21-18)19(24)22-17(20(25)26)13-15-8-6-5-7-9-15/h5-11,14,17H,3-4,12-13H2,1-2H3,(H,22,24)(H,25,26)/t17-/m0/s1. The van der Waals surface area contributed by atoms with Crippen molar-refractivity contribution in [1.29, 1.82) is 0 Å². The van der Waals surface area contributed by atoms with Crippen molar-refractivity contribution in [3.8, 4) is 0 Å². The Morgan fingerprint density at radius 3 is 2.42 bits per heavy atom. The minimum atomic E-state index is -1.06. The monoisotopic (exact) mass is 355 g/mol. The fourth-order valence-corrected chi connectivity index (χ4v) is 2.70. The second kappa shape index (κ2) is 9.56. The topological polar surface area (TPSA) is 82.5 Å². The molecule has 0 unspecified atom stereocenters. The van der Waals surface area contributed by atoms with Crippen LogP contribution in [0.4, 0.5) is 5.82 Å². The number of carbonyl (C=O) groups is 2. The largest absolute Gasteiger partial charge is 0.480 e. The number of carbonyl (C=O) groups excluding carboxylic acids is 1. The number of hydrogen-bond acceptors (Lipinski definition) is 4. The number of amides is 1. The van der Waals surface area contributed by atoms with Gasteiger partial charge in [0.05, 0.1) is 5.56 Å². The summed E-state index contributed by atoms with van der Waals surface area (Å²) in [6.45, 7) is 5.89. The normalized spacial score (nSPS) is 11.6. The van der Waals surface area contributed by atoms with Crippen molar-refractivity contribution < 1.29 is 14.7 Å². The van der Waals surface area contributed by atoms with E-state index in [0.29, 0.717) is 5.56 Å². The van der Waals surface area contributed by atoms with Crippen LogP contribution in [0.2, 0.25) is 0 Å². The number of pyridine rings is 1. The summed E-state index contributed by atoms with van der Waals surface area (Å²) in [5.74, 6) is -0.692. The minimum Gasteiger partial charge on any atom is -0.480 e. The summed E-state index contributed by atoms with van der Waals surface area (Å²) in [6.07, 6.45) is 2.73. The smallest absolute Gasteiger partial charge is 0.326 e. The molecule has 0 bridgehead atoms. The van der Waals surface area contributed by atoms with Gasteiger partial charge in [0.15, 0.2) is 0 Å². The van der Waals surface area contributed by atoms with Crippen molar-refractivity contribution >= 4 is 17.7 Å². The van der Waals surface area contributed by atoms with Crippen LogP contribution in [0, 0.1) is 0 Å². The van der Waals surface area contributed by atoms with Crippen LogP contribution in [0.1, 0.15) is 36.2 Å². The first-order valence-electron chi connectivity index (χ1n) is 8.83. The quantitative estimate of drug-likeness (QED) is 0.723. The molecule has 2 aromatic rings. The van der Waals surface area contributed by atoms with Crippen molar-refractivity contribution in [3.05, 3.63) is 59.8 Å². The third-order valence-electron chi connectivity index (χ3n) is 4.10. The molecule has 0 fully saturated rings. The van der Waals surface area contributed by atoms with Gasteiger partial charge in [0.25, 0.3) is 5.91 Å². The Morgan fingerprint density at radius 2 is 1.88 bits per heavy atom. The summed E-state index contributed by atoms with van der Waals surface area (Å²) in [4.78, 5) is 30.4. The summed E-state index contributed by atoms with van der Waals surface area (Å²) in [7, 11) is 0. The Bertz CT molecular complexity index is 717. The lowest BCUT2D eigenvalue weighted by Gasteiger charge is -2.21. The molecule has 0 saturated carbocycles. The first-order chi connectivity index (χ1) is 12.5. The van der Waals surface area contributed by atoms with E-state index in [-0.39, 0.29) is 6.42 Å². The van der Waals surface area contributed by atoms with E-state index in [9.17, 15) is 14.7 Å². The van der Waals surface area contributed by atoms with Crippen molar-refractivity contribution in [3.63, 3.8) is 0 Å². The lowest BCUT2D eigenvalue weighted by atomic mass is 10.1. The van der Waals surface area contributed by atoms with Gasteiger partial charge in [-0.25, -0.2) is 9.78 Å². The van der Waals surface area contributed by atoms with Crippen molar-refractivity contribution in [2.75, 3.05) is 18.0 Å². The molecule has 6 heteroatoms. The van der Waals surface area contributed by atoms with Gasteiger partial charge in [-0.2, -0.15) is 0 Å². The number of aromatic nitrogens is 1. The number of benzene rings is 1. The zero-order valence-electron chi connectivity index (χ0n) is 15.2. The molecule has 138 valence electrons. The van der Waals surface area contributed by atoms with E-state index in [2.05, 4.69) is 29.0 Å². The third-order valence-corrected chi connectivity index (χ3v) is 4.10. The zero-order chi connectivity index (χ0) is 18.9. The maximum absolute atomic E-state index is 12.4. The number of hydrogen-bond donors (Lipinski definition) is 2. The van der Waals surface area contributed by atoms with Crippen LogP contribution in [0.3, 0.4) is 0 Å². The van der Waals surface area contributed by atoms with E-state index < -0.39 is 17.9 Å². The molecule has 1 heterocycles. The van der Waals surface area contributed by atoms with Crippen LogP contribution in [0.15, 0.2) is 48.7 Å². The molecule has 0 radical (unpaired) electrons. The summed E-state index contributed by atoms with van der Waals surface area (Å²) in [6, 6.07) is 11.7. The van der Waals surface area contributed by atoms with Crippen LogP contribution in [-0.2, 0) is 11.2 Å². The number of nitrogens with zero attached hydrogens (tertiary/aromatic N) is 2. The van der Waals surface area contributed by atoms with Crippen molar-refractivity contribution in [2.24, 2.45) is 0 Å². The minimum absolute atomic E-state index is 0.230. The molecule has 2 rings (SSSR count). The third kappa shape index (κ3) is 5.31. The first-order valence-corrected chi connectivity index (χ1v) is 8.83. The molecule has 1 aromatic carbocycles. The number of carboxylic acids is 1. The molecule has 0 aliphatic rings. The number of carboxylic acid groups (broad SMARTS) is 1. The molecular weight excluding hydrogens is 330 g/mol. The molecule has 6 nitrogen and oxygen atoms in total. The van der Waals surface area contributed by atoms with Gasteiger partial charge in [-0.1, -0.05) is 37.3 Å². The molecule has 2 N–H and O–H groups in total. The van der Waals surface area contributed by atoms with Gasteiger partial charge in [0.2, 0.25) is 0 Å². The highest BCUT2D eigenvalue weighted by Crippen LogP contribution is 2.12. The van der Waals surface area contributed by atoms with Gasteiger partial charge >= 0.3 is 5.97 Å². The molecule has 0 saturated heterocycles. The van der Waals surface area contributed by atoms with Gasteiger partial charge in [-0.15, -0.1) is 0 Å². The Kier molecular flexibility index (Phi) is 7.14. The molecule has 0 spiro atoms. The zero-order valence-corrected chi connectivity index (χ0v) is 15.2. The highest BCUT2D eigenvalue weighted by molar-refractivity contribution is 5.96. The van der Waals surface area contributed by atoms with E-state index in [4.69, 9.17) is 0 Å². The lowest BCUT2D eigenvalue weighted by Crippen LogP contribution is -2.42. The number of anilines is 1. The molecule has 0 aliphatic carbocycles. The molecular formula is C20H25N3O3. The fourth-order valence-electron chi connectivity index (χ4n) is 2.70. The highest BCUT2D eigenvalue weighted by atomic mass is 16.4. The summed E-state index contributed by atoms with van der Waals surface area (Å²) in [5, 5.41) is 12.0. The van der Waals surface area contributed by atoms with Gasteiger partial charge in [0, 0.05) is 25.7 Å². The van der Waals surface area contributed by atoms with E-state index >= 15 is 0 Å². The van der Waals surface area contributed by atoms with Crippen molar-refractivity contribution in [1.82, 2.24) is 10.3 Å². The second-order valence-electron chi connectivity index (χ2n) is 6.04. The molecule has 26 heavy (non-hydrogen) atoms. The lowest BCUT2D eigenvalue weighted by molar-refractivity contribution is -0.139. The predicted octanol–water partition coefficient (Wildman–Crippen LogP) is 2.74. The summed E-state index contributed by atoms with van der Waals surface area (Å²) >= 11 is 0. The Balaban J connectivity index is 2.05. The van der Waals surface area contributed by atoms with E-state index in [1.165, 1.54) is 6.20 Å². The van der Waals surface area contributed by atoms with Gasteiger partial charge < -0.3 is 15.3 Å². The van der Waals surface area contributed by atoms with E-state index in [1.54, 1.807) is 12.1 Å². The van der Waals surface area contributed by atoms with E-state index in [1.807, 2.05) is 30.3 Å². The van der Waals surface area contributed by atoms with Gasteiger partial charge in [-0.05, 0) is 31.0 Å². The predicted molar refractivity (Wildman–Crippen MR) is 101 cm³/mol. The fraction of sp³-hybridized carbons (Fsp3) is 0.350. The highest BCUT2D eigenvalue weighted by Gasteiger charge is 2.21. The van der Waals surface area contributed by atoms with Crippen molar-refractivity contribution in [2.45, 2.75) is 32.7 Å². The SMILES string of the molecule is CCCN(CC)c1ccc(C(=O)N[C@@H](Cc2ccccc2)C(=O)O)cn1. The maximum Gasteiger partial charge on any atom is 0.326 e. The number of rotatable bonds is 9. The number of aliphatic carboxylic acids is 1. The number of nitrogens with one attached hydrogen (secondary N) is 1. The molecule has 1 atom stereocenters.